The number of nitroso groups, excluding NO2 is 1. The summed E-state index contributed by atoms with van der Waals surface area (Å²) in [6, 6.07) is 2.29. The third-order valence-electron chi connectivity index (χ3n) is 1.97. The molecule has 0 aliphatic rings. The molecule has 0 spiro atoms. The van der Waals surface area contributed by atoms with Crippen LogP contribution < -0.4 is 0 Å². The van der Waals surface area contributed by atoms with Gasteiger partial charge in [-0.05, 0) is 23.7 Å². The van der Waals surface area contributed by atoms with E-state index in [9.17, 15) is 19.9 Å². The third kappa shape index (κ3) is 2.31. The second-order valence-corrected chi connectivity index (χ2v) is 3.13. The maximum atomic E-state index is 11.4. The highest BCUT2D eigenvalue weighted by Crippen LogP contribution is 2.36. The lowest BCUT2D eigenvalue weighted by molar-refractivity contribution is 0.0981. The number of benzene rings is 1. The summed E-state index contributed by atoms with van der Waals surface area (Å²) in [6.45, 7) is 1.84. The van der Waals surface area contributed by atoms with Crippen molar-refractivity contribution in [2.45, 2.75) is 19.8 Å². The lowest BCUT2D eigenvalue weighted by atomic mass is 10.1. The Morgan fingerprint density at radius 2 is 2.07 bits per heavy atom. The van der Waals surface area contributed by atoms with Gasteiger partial charge in [-0.15, -0.1) is 4.91 Å². The van der Waals surface area contributed by atoms with Crippen molar-refractivity contribution in [3.05, 3.63) is 22.6 Å². The van der Waals surface area contributed by atoms with Crippen LogP contribution in [0.2, 0.25) is 0 Å². The van der Waals surface area contributed by atoms with E-state index in [2.05, 4.69) is 5.18 Å². The van der Waals surface area contributed by atoms with Crippen LogP contribution >= 0.6 is 0 Å². The van der Waals surface area contributed by atoms with Gasteiger partial charge in [0, 0.05) is 12.0 Å². The van der Waals surface area contributed by atoms with Crippen LogP contribution in [0.4, 0.5) is 5.69 Å². The van der Waals surface area contributed by atoms with Gasteiger partial charge in [-0.1, -0.05) is 6.92 Å². The first-order valence-corrected chi connectivity index (χ1v) is 4.52. The largest absolute Gasteiger partial charge is 0.504 e. The van der Waals surface area contributed by atoms with Crippen molar-refractivity contribution in [3.8, 4) is 11.5 Å². The topological polar surface area (TPSA) is 87.0 Å². The van der Waals surface area contributed by atoms with Gasteiger partial charge in [-0.2, -0.15) is 0 Å². The van der Waals surface area contributed by atoms with E-state index in [0.29, 0.717) is 12.8 Å². The number of phenols is 2. The normalized spacial score (nSPS) is 9.93. The Kier molecular flexibility index (Phi) is 3.38. The molecule has 0 aliphatic carbocycles. The predicted molar refractivity (Wildman–Crippen MR) is 54.5 cm³/mol. The van der Waals surface area contributed by atoms with Crippen molar-refractivity contribution >= 4 is 11.5 Å². The van der Waals surface area contributed by atoms with E-state index in [1.54, 1.807) is 0 Å². The summed E-state index contributed by atoms with van der Waals surface area (Å²) >= 11 is 0. The molecule has 1 aromatic rings. The second-order valence-electron chi connectivity index (χ2n) is 3.13. The molecule has 15 heavy (non-hydrogen) atoms. The molecule has 1 rings (SSSR count). The fourth-order valence-corrected chi connectivity index (χ4v) is 1.21. The molecule has 0 unspecified atom stereocenters. The summed E-state index contributed by atoms with van der Waals surface area (Å²) in [5.74, 6) is -1.30. The molecule has 0 amide bonds. The quantitative estimate of drug-likeness (QED) is 0.453. The zero-order valence-corrected chi connectivity index (χ0v) is 8.23. The fourth-order valence-electron chi connectivity index (χ4n) is 1.21. The van der Waals surface area contributed by atoms with E-state index >= 15 is 0 Å². The number of carbonyl (C=O) groups excluding carboxylic acids is 1. The Bertz CT molecular complexity index is 401. The molecule has 0 fully saturated rings. The minimum atomic E-state index is -0.599. The van der Waals surface area contributed by atoms with Crippen LogP contribution in [-0.4, -0.2) is 16.0 Å². The highest BCUT2D eigenvalue weighted by Gasteiger charge is 2.13. The summed E-state index contributed by atoms with van der Waals surface area (Å²) in [4.78, 5) is 21.7. The fraction of sp³-hybridized carbons (Fsp3) is 0.300. The van der Waals surface area contributed by atoms with Crippen molar-refractivity contribution < 1.29 is 15.0 Å². The molecule has 0 aliphatic heterocycles. The van der Waals surface area contributed by atoms with Crippen LogP contribution in [0.25, 0.3) is 0 Å². The highest BCUT2D eigenvalue weighted by molar-refractivity contribution is 5.97. The van der Waals surface area contributed by atoms with Crippen LogP contribution in [0.1, 0.15) is 30.1 Å². The van der Waals surface area contributed by atoms with Crippen molar-refractivity contribution in [1.29, 1.82) is 0 Å². The van der Waals surface area contributed by atoms with Crippen LogP contribution in [-0.2, 0) is 0 Å². The van der Waals surface area contributed by atoms with Crippen molar-refractivity contribution in [2.75, 3.05) is 0 Å². The maximum absolute atomic E-state index is 11.4. The van der Waals surface area contributed by atoms with E-state index in [1.165, 1.54) is 6.07 Å². The predicted octanol–water partition coefficient (Wildman–Crippen LogP) is 2.48. The second kappa shape index (κ2) is 4.54. The average Bonchev–Trinajstić information content (AvgIpc) is 2.22. The summed E-state index contributed by atoms with van der Waals surface area (Å²) in [5, 5.41) is 20.9. The summed E-state index contributed by atoms with van der Waals surface area (Å²) in [7, 11) is 0. The molecule has 5 heteroatoms. The van der Waals surface area contributed by atoms with Gasteiger partial charge in [0.2, 0.25) is 0 Å². The summed E-state index contributed by atoms with van der Waals surface area (Å²) < 4.78 is 0. The molecule has 0 bridgehead atoms. The van der Waals surface area contributed by atoms with E-state index in [-0.39, 0.29) is 17.0 Å². The van der Waals surface area contributed by atoms with Gasteiger partial charge >= 0.3 is 0 Å². The van der Waals surface area contributed by atoms with Crippen molar-refractivity contribution in [3.63, 3.8) is 0 Å². The van der Waals surface area contributed by atoms with Crippen molar-refractivity contribution in [1.82, 2.24) is 0 Å². The number of nitrogens with zero attached hydrogens (tertiary/aromatic N) is 1. The Morgan fingerprint density at radius 1 is 1.40 bits per heavy atom. The Hall–Kier alpha value is -1.91. The number of phenolic OH excluding ortho intramolecular Hbond substituents is 2. The molecule has 0 aromatic heterocycles. The number of ketones is 1. The van der Waals surface area contributed by atoms with Crippen molar-refractivity contribution in [2.24, 2.45) is 5.18 Å². The van der Waals surface area contributed by atoms with Gasteiger partial charge in [0.15, 0.2) is 23.0 Å². The zero-order valence-electron chi connectivity index (χ0n) is 8.23. The summed E-state index contributed by atoms with van der Waals surface area (Å²) in [5.41, 5.74) is -0.142. The first kappa shape index (κ1) is 11.2. The molecule has 0 saturated carbocycles. The van der Waals surface area contributed by atoms with Gasteiger partial charge in [0.1, 0.15) is 0 Å². The number of carbonyl (C=O) groups is 1. The molecule has 80 valence electrons. The maximum Gasteiger partial charge on any atom is 0.187 e. The number of hydrogen-bond donors (Lipinski definition) is 2. The highest BCUT2D eigenvalue weighted by atomic mass is 16.3. The lowest BCUT2D eigenvalue weighted by Gasteiger charge is -2.03. The Morgan fingerprint density at radius 3 is 2.60 bits per heavy atom. The smallest absolute Gasteiger partial charge is 0.187 e. The molecule has 2 N–H and O–H groups in total. The van der Waals surface area contributed by atoms with E-state index in [4.69, 9.17) is 0 Å². The minimum Gasteiger partial charge on any atom is -0.504 e. The number of aromatic hydroxyl groups is 2. The van der Waals surface area contributed by atoms with Gasteiger partial charge < -0.3 is 10.2 Å². The summed E-state index contributed by atoms with van der Waals surface area (Å²) in [6.07, 6.45) is 0.993. The first-order valence-electron chi connectivity index (χ1n) is 4.52. The molecule has 0 saturated heterocycles. The van der Waals surface area contributed by atoms with Crippen LogP contribution in [0.5, 0.6) is 11.5 Å². The Balaban J connectivity index is 3.16. The van der Waals surface area contributed by atoms with Crippen LogP contribution in [0.15, 0.2) is 17.3 Å². The van der Waals surface area contributed by atoms with Gasteiger partial charge in [0.25, 0.3) is 0 Å². The molecular weight excluding hydrogens is 198 g/mol. The molecular formula is C10H11NO4. The number of hydrogen-bond acceptors (Lipinski definition) is 5. The number of Topliss-reactive ketones (excluding diaryl/α,β-unsaturated/α-hetero) is 1. The average molecular weight is 209 g/mol. The van der Waals surface area contributed by atoms with E-state index in [1.807, 2.05) is 6.92 Å². The molecule has 0 heterocycles. The molecule has 5 nitrogen and oxygen atoms in total. The van der Waals surface area contributed by atoms with Gasteiger partial charge in [-0.3, -0.25) is 4.79 Å². The monoisotopic (exact) mass is 209 g/mol. The van der Waals surface area contributed by atoms with Gasteiger partial charge in [0.05, 0.1) is 0 Å². The molecule has 0 radical (unpaired) electrons. The van der Waals surface area contributed by atoms with Crippen LogP contribution in [0, 0.1) is 4.91 Å². The first-order chi connectivity index (χ1) is 7.10. The lowest BCUT2D eigenvalue weighted by Crippen LogP contribution is -1.97. The van der Waals surface area contributed by atoms with Gasteiger partial charge in [-0.25, -0.2) is 0 Å². The van der Waals surface area contributed by atoms with E-state index in [0.717, 1.165) is 6.07 Å². The number of rotatable bonds is 4. The molecule has 0 atom stereocenters. The van der Waals surface area contributed by atoms with E-state index < -0.39 is 11.5 Å². The Labute approximate surface area is 86.3 Å². The SMILES string of the molecule is CCCC(=O)c1cc(O)c(O)c(N=O)c1. The van der Waals surface area contributed by atoms with Crippen LogP contribution in [0.3, 0.4) is 0 Å². The molecule has 1 aromatic carbocycles. The zero-order chi connectivity index (χ0) is 11.4. The minimum absolute atomic E-state index is 0.182. The third-order valence-corrected chi connectivity index (χ3v) is 1.97. The standard InChI is InChI=1S/C10H11NO4/c1-2-3-8(12)6-4-7(11-15)10(14)9(13)5-6/h4-5,13-14H,2-3H2,1H3.